The number of likely N-dealkylation sites (N-methyl/N-ethyl adjacent to an activating group) is 1. The van der Waals surface area contributed by atoms with Gasteiger partial charge in [-0.3, -0.25) is 0 Å². The van der Waals surface area contributed by atoms with Gasteiger partial charge in [0.1, 0.15) is 6.61 Å². The molecule has 66 valence electrons. The number of nitrogens with zero attached hydrogens (tertiary/aromatic N) is 2. The van der Waals surface area contributed by atoms with Gasteiger partial charge < -0.3 is 10.1 Å². The average Bonchev–Trinajstić information content (AvgIpc) is 2.09. The molecule has 1 N–H and O–H groups in total. The zero-order valence-corrected chi connectivity index (χ0v) is 7.51. The van der Waals surface area contributed by atoms with Crippen molar-refractivity contribution in [3.05, 3.63) is 17.4 Å². The molecule has 0 spiro atoms. The second kappa shape index (κ2) is 4.90. The molecule has 0 saturated heterocycles. The van der Waals surface area contributed by atoms with E-state index in [9.17, 15) is 0 Å². The zero-order chi connectivity index (χ0) is 8.81. The highest BCUT2D eigenvalue weighted by Gasteiger charge is 1.95. The third-order valence-corrected chi connectivity index (χ3v) is 1.38. The van der Waals surface area contributed by atoms with Crippen LogP contribution in [0.15, 0.2) is 12.4 Å². The molecule has 0 saturated carbocycles. The predicted molar refractivity (Wildman–Crippen MR) is 46.5 cm³/mol. The van der Waals surface area contributed by atoms with Crippen LogP contribution in [0.25, 0.3) is 0 Å². The number of ether oxygens (including phenoxy) is 1. The number of hydrogen-bond donors (Lipinski definition) is 1. The molecule has 1 aromatic heterocycles. The van der Waals surface area contributed by atoms with Gasteiger partial charge in [-0.05, 0) is 7.05 Å². The molecule has 0 aliphatic heterocycles. The van der Waals surface area contributed by atoms with Crippen LogP contribution in [0.3, 0.4) is 0 Å². The molecule has 0 aromatic carbocycles. The third-order valence-electron chi connectivity index (χ3n) is 1.18. The van der Waals surface area contributed by atoms with Crippen LogP contribution < -0.4 is 10.1 Å². The first-order valence-corrected chi connectivity index (χ1v) is 3.95. The molecule has 0 radical (unpaired) electrons. The average molecular weight is 188 g/mol. The normalized spacial score (nSPS) is 9.83. The summed E-state index contributed by atoms with van der Waals surface area (Å²) >= 11 is 5.58. The smallest absolute Gasteiger partial charge is 0.316 e. The molecule has 0 aliphatic rings. The van der Waals surface area contributed by atoms with Crippen molar-refractivity contribution in [2.24, 2.45) is 0 Å². The van der Waals surface area contributed by atoms with Gasteiger partial charge in [0.2, 0.25) is 0 Å². The van der Waals surface area contributed by atoms with Gasteiger partial charge in [-0.2, -0.15) is 0 Å². The van der Waals surface area contributed by atoms with E-state index in [-0.39, 0.29) is 0 Å². The molecule has 12 heavy (non-hydrogen) atoms. The lowest BCUT2D eigenvalue weighted by molar-refractivity contribution is 0.293. The van der Waals surface area contributed by atoms with Crippen molar-refractivity contribution in [2.45, 2.75) is 0 Å². The summed E-state index contributed by atoms with van der Waals surface area (Å²) < 4.78 is 5.16. The molecule has 1 heterocycles. The minimum atomic E-state index is 0.356. The molecular formula is C7H10ClN3O. The largest absolute Gasteiger partial charge is 0.462 e. The van der Waals surface area contributed by atoms with Gasteiger partial charge in [-0.15, -0.1) is 0 Å². The third kappa shape index (κ3) is 3.02. The van der Waals surface area contributed by atoms with E-state index < -0.39 is 0 Å². The van der Waals surface area contributed by atoms with Crippen molar-refractivity contribution < 1.29 is 4.74 Å². The van der Waals surface area contributed by atoms with Crippen molar-refractivity contribution in [2.75, 3.05) is 20.2 Å². The van der Waals surface area contributed by atoms with Crippen molar-refractivity contribution in [3.63, 3.8) is 0 Å². The van der Waals surface area contributed by atoms with Crippen molar-refractivity contribution in [1.29, 1.82) is 0 Å². The van der Waals surface area contributed by atoms with Gasteiger partial charge in [0.25, 0.3) is 0 Å². The van der Waals surface area contributed by atoms with Gasteiger partial charge in [0.05, 0.1) is 17.4 Å². The molecule has 4 nitrogen and oxygen atoms in total. The van der Waals surface area contributed by atoms with E-state index in [2.05, 4.69) is 15.3 Å². The number of halogens is 1. The van der Waals surface area contributed by atoms with Crippen LogP contribution in [0, 0.1) is 0 Å². The summed E-state index contributed by atoms with van der Waals surface area (Å²) in [6.07, 6.45) is 3.01. The van der Waals surface area contributed by atoms with E-state index in [1.54, 1.807) is 0 Å². The quantitative estimate of drug-likeness (QED) is 0.706. The van der Waals surface area contributed by atoms with Crippen molar-refractivity contribution in [1.82, 2.24) is 15.3 Å². The number of aromatic nitrogens is 2. The summed E-state index contributed by atoms with van der Waals surface area (Å²) in [7, 11) is 1.85. The highest BCUT2D eigenvalue weighted by Crippen LogP contribution is 2.06. The Bertz CT molecular complexity index is 227. The van der Waals surface area contributed by atoms with Gasteiger partial charge >= 0.3 is 6.01 Å². The Hall–Kier alpha value is -0.870. The van der Waals surface area contributed by atoms with Crippen LogP contribution in [-0.2, 0) is 0 Å². The van der Waals surface area contributed by atoms with Crippen LogP contribution in [0.1, 0.15) is 0 Å². The molecule has 0 atom stereocenters. The van der Waals surface area contributed by atoms with Crippen molar-refractivity contribution >= 4 is 11.6 Å². The second-order valence-electron chi connectivity index (χ2n) is 2.14. The molecule has 1 rings (SSSR count). The Morgan fingerprint density at radius 1 is 1.50 bits per heavy atom. The molecule has 5 heteroatoms. The van der Waals surface area contributed by atoms with Gasteiger partial charge in [0, 0.05) is 6.54 Å². The Balaban J connectivity index is 2.37. The van der Waals surface area contributed by atoms with E-state index in [4.69, 9.17) is 16.3 Å². The fourth-order valence-corrected chi connectivity index (χ4v) is 0.717. The lowest BCUT2D eigenvalue weighted by Crippen LogP contribution is -2.16. The molecule has 0 bridgehead atoms. The Labute approximate surface area is 75.9 Å². The zero-order valence-electron chi connectivity index (χ0n) is 6.75. The highest BCUT2D eigenvalue weighted by molar-refractivity contribution is 6.30. The molecule has 0 amide bonds. The van der Waals surface area contributed by atoms with E-state index in [1.165, 1.54) is 12.4 Å². The van der Waals surface area contributed by atoms with Crippen LogP contribution >= 0.6 is 11.6 Å². The van der Waals surface area contributed by atoms with E-state index in [0.717, 1.165) is 6.54 Å². The number of rotatable bonds is 4. The van der Waals surface area contributed by atoms with Crippen LogP contribution in [-0.4, -0.2) is 30.2 Å². The monoisotopic (exact) mass is 187 g/mol. The summed E-state index contributed by atoms with van der Waals surface area (Å²) in [6.45, 7) is 1.32. The first-order valence-electron chi connectivity index (χ1n) is 3.58. The van der Waals surface area contributed by atoms with Crippen LogP contribution in [0.2, 0.25) is 5.02 Å². The second-order valence-corrected chi connectivity index (χ2v) is 2.57. The predicted octanol–water partition coefficient (Wildman–Crippen LogP) is 0.728. The first-order chi connectivity index (χ1) is 5.83. The van der Waals surface area contributed by atoms with E-state index >= 15 is 0 Å². The maximum atomic E-state index is 5.58. The summed E-state index contributed by atoms with van der Waals surface area (Å²) in [6, 6.07) is 0.356. The minimum absolute atomic E-state index is 0.356. The van der Waals surface area contributed by atoms with E-state index in [0.29, 0.717) is 17.6 Å². The Kier molecular flexibility index (Phi) is 3.76. The Morgan fingerprint density at radius 3 is 2.75 bits per heavy atom. The fourth-order valence-electron chi connectivity index (χ4n) is 0.619. The lowest BCUT2D eigenvalue weighted by atomic mass is 10.7. The van der Waals surface area contributed by atoms with Crippen molar-refractivity contribution in [3.8, 4) is 6.01 Å². The van der Waals surface area contributed by atoms with Crippen LogP contribution in [0.4, 0.5) is 0 Å². The molecule has 0 unspecified atom stereocenters. The molecule has 0 aliphatic carbocycles. The topological polar surface area (TPSA) is 47.0 Å². The van der Waals surface area contributed by atoms with E-state index in [1.807, 2.05) is 7.05 Å². The SMILES string of the molecule is CNCCOc1ncc(Cl)cn1. The van der Waals surface area contributed by atoms with Gasteiger partial charge in [0.15, 0.2) is 0 Å². The van der Waals surface area contributed by atoms with Gasteiger partial charge in [-0.25, -0.2) is 9.97 Å². The Morgan fingerprint density at radius 2 is 2.17 bits per heavy atom. The minimum Gasteiger partial charge on any atom is -0.462 e. The summed E-state index contributed by atoms with van der Waals surface area (Å²) in [5.41, 5.74) is 0. The number of nitrogens with one attached hydrogen (secondary N) is 1. The molecule has 1 aromatic rings. The molecular weight excluding hydrogens is 178 g/mol. The fraction of sp³-hybridized carbons (Fsp3) is 0.429. The van der Waals surface area contributed by atoms with Crippen LogP contribution in [0.5, 0.6) is 6.01 Å². The number of hydrogen-bond acceptors (Lipinski definition) is 4. The maximum absolute atomic E-state index is 5.58. The molecule has 0 fully saturated rings. The standard InChI is InChI=1S/C7H10ClN3O/c1-9-2-3-12-7-10-4-6(8)5-11-7/h4-5,9H,2-3H2,1H3. The summed E-state index contributed by atoms with van der Waals surface area (Å²) in [5.74, 6) is 0. The maximum Gasteiger partial charge on any atom is 0.316 e. The lowest BCUT2D eigenvalue weighted by Gasteiger charge is -2.01. The summed E-state index contributed by atoms with van der Waals surface area (Å²) in [4.78, 5) is 7.71. The van der Waals surface area contributed by atoms with Gasteiger partial charge in [-0.1, -0.05) is 11.6 Å². The highest BCUT2D eigenvalue weighted by atomic mass is 35.5. The summed E-state index contributed by atoms with van der Waals surface area (Å²) in [5, 5.41) is 3.45. The first kappa shape index (κ1) is 9.22.